The lowest BCUT2D eigenvalue weighted by molar-refractivity contribution is -0.384. The van der Waals surface area contributed by atoms with Crippen LogP contribution in [0.4, 0.5) is 24.5 Å². The number of hydrogen-bond donors (Lipinski definition) is 2. The summed E-state index contributed by atoms with van der Waals surface area (Å²) in [6.07, 6.45) is -5.96. The van der Waals surface area contributed by atoms with E-state index in [1.165, 1.54) is 0 Å². The van der Waals surface area contributed by atoms with E-state index in [9.17, 15) is 28.4 Å². The van der Waals surface area contributed by atoms with E-state index in [4.69, 9.17) is 25.8 Å². The number of aliphatic hydroxyl groups excluding tert-OH is 1. The van der Waals surface area contributed by atoms with Gasteiger partial charge in [0, 0.05) is 18.7 Å². The molecule has 0 aliphatic carbocycles. The number of nitrogens with zero attached hydrogens (tertiary/aromatic N) is 1. The molecule has 1 unspecified atom stereocenters. The summed E-state index contributed by atoms with van der Waals surface area (Å²) in [5.74, 6) is 1.45. The maximum Gasteiger partial charge on any atom is 0.418 e. The first-order valence-electron chi connectivity index (χ1n) is 8.14. The summed E-state index contributed by atoms with van der Waals surface area (Å²) in [6.45, 7) is -0.318. The molecule has 0 fully saturated rings. The number of anilines is 1. The van der Waals surface area contributed by atoms with Gasteiger partial charge in [-0.3, -0.25) is 10.1 Å². The van der Waals surface area contributed by atoms with Gasteiger partial charge in [-0.05, 0) is 18.2 Å². The van der Waals surface area contributed by atoms with Gasteiger partial charge in [-0.1, -0.05) is 11.6 Å². The molecule has 29 heavy (non-hydrogen) atoms. The molecule has 2 aromatic rings. The van der Waals surface area contributed by atoms with Crippen LogP contribution in [-0.4, -0.2) is 36.1 Å². The highest BCUT2D eigenvalue weighted by atomic mass is 35.5. The first-order chi connectivity index (χ1) is 13.6. The molecule has 0 saturated heterocycles. The molecule has 12 heteroatoms. The topological polar surface area (TPSA) is 103 Å². The van der Waals surface area contributed by atoms with Gasteiger partial charge in [0.2, 0.25) is 6.79 Å². The van der Waals surface area contributed by atoms with Crippen LogP contribution in [0.25, 0.3) is 0 Å². The van der Waals surface area contributed by atoms with Crippen molar-refractivity contribution in [1.29, 1.82) is 0 Å². The van der Waals surface area contributed by atoms with Crippen LogP contribution >= 0.6 is 11.6 Å². The Morgan fingerprint density at radius 3 is 2.69 bits per heavy atom. The standard InChI is InChI=1S/C17H14ClF3N2O6/c18-12-5-13(14(23(25)26)4-11(12)17(19,20)21)22-6-9(24)7-27-10-1-2-15-16(3-10)29-8-28-15/h1-5,9,22,24H,6-8H2. The van der Waals surface area contributed by atoms with Gasteiger partial charge >= 0.3 is 6.18 Å². The van der Waals surface area contributed by atoms with Gasteiger partial charge in [0.05, 0.1) is 15.5 Å². The fourth-order valence-electron chi connectivity index (χ4n) is 2.52. The molecule has 2 aromatic carbocycles. The molecule has 8 nitrogen and oxygen atoms in total. The van der Waals surface area contributed by atoms with Crippen molar-refractivity contribution in [2.75, 3.05) is 25.3 Å². The van der Waals surface area contributed by atoms with Crippen LogP contribution in [-0.2, 0) is 6.18 Å². The first-order valence-corrected chi connectivity index (χ1v) is 8.52. The molecule has 0 radical (unpaired) electrons. The Labute approximate surface area is 166 Å². The van der Waals surface area contributed by atoms with Gasteiger partial charge < -0.3 is 24.6 Å². The number of nitro benzene ring substituents is 1. The lowest BCUT2D eigenvalue weighted by Gasteiger charge is -2.16. The third-order valence-corrected chi connectivity index (χ3v) is 4.21. The molecule has 0 aromatic heterocycles. The van der Waals surface area contributed by atoms with Crippen molar-refractivity contribution in [3.05, 3.63) is 51.0 Å². The van der Waals surface area contributed by atoms with Crippen molar-refractivity contribution >= 4 is 23.0 Å². The molecule has 1 aliphatic heterocycles. The van der Waals surface area contributed by atoms with E-state index in [0.717, 1.165) is 6.07 Å². The van der Waals surface area contributed by atoms with Crippen molar-refractivity contribution in [2.45, 2.75) is 12.3 Å². The fourth-order valence-corrected chi connectivity index (χ4v) is 2.79. The minimum absolute atomic E-state index is 0.0970. The summed E-state index contributed by atoms with van der Waals surface area (Å²) in [5.41, 5.74) is -2.39. The highest BCUT2D eigenvalue weighted by Gasteiger charge is 2.36. The van der Waals surface area contributed by atoms with Gasteiger partial charge in [-0.2, -0.15) is 13.2 Å². The second-order valence-electron chi connectivity index (χ2n) is 5.96. The second kappa shape index (κ2) is 8.21. The van der Waals surface area contributed by atoms with Crippen LogP contribution in [0.2, 0.25) is 5.02 Å². The Kier molecular flexibility index (Phi) is 5.89. The number of nitro groups is 1. The Hall–Kier alpha value is -2.92. The molecule has 0 saturated carbocycles. The molecule has 156 valence electrons. The summed E-state index contributed by atoms with van der Waals surface area (Å²) >= 11 is 5.60. The van der Waals surface area contributed by atoms with E-state index in [-0.39, 0.29) is 25.6 Å². The predicted molar refractivity (Wildman–Crippen MR) is 95.7 cm³/mol. The smallest absolute Gasteiger partial charge is 0.418 e. The Bertz CT molecular complexity index is 925. The quantitative estimate of drug-likeness (QED) is 0.504. The zero-order chi connectivity index (χ0) is 21.2. The molecule has 1 atom stereocenters. The third-order valence-electron chi connectivity index (χ3n) is 3.90. The minimum atomic E-state index is -4.83. The molecule has 0 bridgehead atoms. The van der Waals surface area contributed by atoms with Crippen LogP contribution in [0.1, 0.15) is 5.56 Å². The molecule has 2 N–H and O–H groups in total. The number of aliphatic hydroxyl groups is 1. The van der Waals surface area contributed by atoms with Gasteiger partial charge in [0.15, 0.2) is 11.5 Å². The summed E-state index contributed by atoms with van der Waals surface area (Å²) in [4.78, 5) is 10.1. The van der Waals surface area contributed by atoms with Crippen LogP contribution < -0.4 is 19.5 Å². The number of halogens is 4. The summed E-state index contributed by atoms with van der Waals surface area (Å²) in [7, 11) is 0. The molecule has 3 rings (SSSR count). The number of fused-ring (bicyclic) bond motifs is 1. The van der Waals surface area contributed by atoms with Gasteiger partial charge in [-0.25, -0.2) is 0 Å². The Balaban J connectivity index is 1.62. The Morgan fingerprint density at radius 2 is 2.00 bits per heavy atom. The maximum absolute atomic E-state index is 12.9. The SMILES string of the molecule is O=[N+]([O-])c1cc(C(F)(F)F)c(Cl)cc1NCC(O)COc1ccc2c(c1)OCO2. The van der Waals surface area contributed by atoms with Crippen LogP contribution in [0.15, 0.2) is 30.3 Å². The maximum atomic E-state index is 12.9. The fraction of sp³-hybridized carbons (Fsp3) is 0.294. The van der Waals surface area contributed by atoms with E-state index in [1.807, 2.05) is 0 Å². The molecular formula is C17H14ClF3N2O6. The largest absolute Gasteiger partial charge is 0.491 e. The van der Waals surface area contributed by atoms with E-state index >= 15 is 0 Å². The van der Waals surface area contributed by atoms with Crippen molar-refractivity contribution in [1.82, 2.24) is 0 Å². The highest BCUT2D eigenvalue weighted by Crippen LogP contribution is 2.40. The Morgan fingerprint density at radius 1 is 1.28 bits per heavy atom. The summed E-state index contributed by atoms with van der Waals surface area (Å²) in [5, 5.41) is 23.0. The zero-order valence-electron chi connectivity index (χ0n) is 14.5. The average molecular weight is 435 g/mol. The molecule has 1 heterocycles. The zero-order valence-corrected chi connectivity index (χ0v) is 15.3. The van der Waals surface area contributed by atoms with Crippen molar-refractivity contribution in [2.24, 2.45) is 0 Å². The minimum Gasteiger partial charge on any atom is -0.491 e. The number of nitrogens with one attached hydrogen (secondary N) is 1. The lowest BCUT2D eigenvalue weighted by Crippen LogP contribution is -2.26. The first kappa shape index (κ1) is 20.8. The van der Waals surface area contributed by atoms with E-state index in [2.05, 4.69) is 5.32 Å². The number of rotatable bonds is 7. The van der Waals surface area contributed by atoms with Gasteiger partial charge in [-0.15, -0.1) is 0 Å². The molecule has 0 amide bonds. The third kappa shape index (κ3) is 4.93. The highest BCUT2D eigenvalue weighted by molar-refractivity contribution is 6.31. The normalized spacial score (nSPS) is 13.8. The van der Waals surface area contributed by atoms with Crippen molar-refractivity contribution < 1.29 is 37.4 Å². The number of ether oxygens (including phenoxy) is 3. The van der Waals surface area contributed by atoms with Crippen molar-refractivity contribution in [3.8, 4) is 17.2 Å². The van der Waals surface area contributed by atoms with Gasteiger partial charge in [0.1, 0.15) is 24.1 Å². The lowest BCUT2D eigenvalue weighted by atomic mass is 10.1. The van der Waals surface area contributed by atoms with E-state index in [0.29, 0.717) is 23.3 Å². The monoisotopic (exact) mass is 434 g/mol. The van der Waals surface area contributed by atoms with Crippen LogP contribution in [0.5, 0.6) is 17.2 Å². The molecule has 1 aliphatic rings. The average Bonchev–Trinajstić information content (AvgIpc) is 3.11. The number of benzene rings is 2. The van der Waals surface area contributed by atoms with E-state index < -0.39 is 33.5 Å². The molecule has 0 spiro atoms. The summed E-state index contributed by atoms with van der Waals surface area (Å²) < 4.78 is 54.4. The summed E-state index contributed by atoms with van der Waals surface area (Å²) in [6, 6.07) is 5.96. The van der Waals surface area contributed by atoms with Crippen molar-refractivity contribution in [3.63, 3.8) is 0 Å². The van der Waals surface area contributed by atoms with Gasteiger partial charge in [0.25, 0.3) is 5.69 Å². The number of hydrogen-bond acceptors (Lipinski definition) is 7. The molecular weight excluding hydrogens is 421 g/mol. The van der Waals surface area contributed by atoms with Crippen LogP contribution in [0.3, 0.4) is 0 Å². The van der Waals surface area contributed by atoms with E-state index in [1.54, 1.807) is 18.2 Å². The second-order valence-corrected chi connectivity index (χ2v) is 6.37. The van der Waals surface area contributed by atoms with Crippen LogP contribution in [0, 0.1) is 10.1 Å². The predicted octanol–water partition coefficient (Wildman–Crippen LogP) is 3.85. The number of alkyl halides is 3.